The molecule has 0 saturated heterocycles. The summed E-state index contributed by atoms with van der Waals surface area (Å²) in [6, 6.07) is 3.98. The zero-order chi connectivity index (χ0) is 10.3. The predicted octanol–water partition coefficient (Wildman–Crippen LogP) is 3.59. The summed E-state index contributed by atoms with van der Waals surface area (Å²) >= 11 is 3.41. The number of aromatic nitrogens is 2. The monoisotopic (exact) mass is 262 g/mol. The molecular weight excluding hydrogens is 256 g/mol. The average Bonchev–Trinajstić information content (AvgIpc) is 2.83. The van der Waals surface area contributed by atoms with Crippen LogP contribution in [0.5, 0.6) is 0 Å². The van der Waals surface area contributed by atoms with Gasteiger partial charge in [-0.15, -0.1) is 0 Å². The van der Waals surface area contributed by atoms with E-state index in [1.54, 1.807) is 18.7 Å². The lowest BCUT2D eigenvalue weighted by atomic mass is 10.1. The van der Waals surface area contributed by atoms with Gasteiger partial charge in [0.1, 0.15) is 5.65 Å². The zero-order valence-electron chi connectivity index (χ0n) is 7.70. The Kier molecular flexibility index (Phi) is 1.89. The van der Waals surface area contributed by atoms with Gasteiger partial charge in [-0.3, -0.25) is 0 Å². The third-order valence-corrected chi connectivity index (χ3v) is 2.76. The molecule has 74 valence electrons. The van der Waals surface area contributed by atoms with Crippen LogP contribution < -0.4 is 0 Å². The van der Waals surface area contributed by atoms with Gasteiger partial charge >= 0.3 is 0 Å². The lowest BCUT2D eigenvalue weighted by Gasteiger charge is -1.94. The molecule has 4 heteroatoms. The largest absolute Gasteiger partial charge is 0.472 e. The van der Waals surface area contributed by atoms with Crippen LogP contribution >= 0.6 is 15.9 Å². The van der Waals surface area contributed by atoms with E-state index in [4.69, 9.17) is 4.42 Å². The van der Waals surface area contributed by atoms with Crippen LogP contribution in [0.25, 0.3) is 22.2 Å². The highest BCUT2D eigenvalue weighted by Gasteiger charge is 2.07. The number of nitrogens with one attached hydrogen (secondary N) is 1. The third-order valence-electron chi connectivity index (χ3n) is 2.33. The molecule has 0 spiro atoms. The van der Waals surface area contributed by atoms with E-state index in [0.29, 0.717) is 0 Å². The van der Waals surface area contributed by atoms with Crippen LogP contribution in [0, 0.1) is 0 Å². The molecule has 0 amide bonds. The maximum atomic E-state index is 5.07. The molecule has 3 rings (SSSR count). The zero-order valence-corrected chi connectivity index (χ0v) is 9.28. The second kappa shape index (κ2) is 3.24. The van der Waals surface area contributed by atoms with Gasteiger partial charge in [0.25, 0.3) is 0 Å². The predicted molar refractivity (Wildman–Crippen MR) is 61.5 cm³/mol. The number of rotatable bonds is 1. The normalized spacial score (nSPS) is 11.0. The number of furan rings is 1. The van der Waals surface area contributed by atoms with Gasteiger partial charge in [-0.1, -0.05) is 0 Å². The Balaban J connectivity index is 2.32. The van der Waals surface area contributed by atoms with Gasteiger partial charge in [-0.25, -0.2) is 4.98 Å². The fourth-order valence-corrected chi connectivity index (χ4v) is 1.97. The molecule has 0 aliphatic carbocycles. The van der Waals surface area contributed by atoms with Gasteiger partial charge < -0.3 is 9.40 Å². The fourth-order valence-electron chi connectivity index (χ4n) is 1.63. The van der Waals surface area contributed by atoms with Crippen LogP contribution in [-0.4, -0.2) is 9.97 Å². The molecule has 3 aromatic heterocycles. The first kappa shape index (κ1) is 8.73. The first-order chi connectivity index (χ1) is 7.34. The van der Waals surface area contributed by atoms with Crippen LogP contribution in [0.3, 0.4) is 0 Å². The van der Waals surface area contributed by atoms with E-state index in [2.05, 4.69) is 25.9 Å². The number of hydrogen-bond acceptors (Lipinski definition) is 2. The van der Waals surface area contributed by atoms with Crippen molar-refractivity contribution in [3.63, 3.8) is 0 Å². The summed E-state index contributed by atoms with van der Waals surface area (Å²) < 4.78 is 6.04. The topological polar surface area (TPSA) is 41.8 Å². The molecule has 3 heterocycles. The van der Waals surface area contributed by atoms with Gasteiger partial charge in [0, 0.05) is 33.4 Å². The van der Waals surface area contributed by atoms with Crippen LogP contribution in [-0.2, 0) is 0 Å². The number of pyridine rings is 1. The summed E-state index contributed by atoms with van der Waals surface area (Å²) in [5.74, 6) is 0. The molecule has 3 aromatic rings. The fraction of sp³-hybridized carbons (Fsp3) is 0. The lowest BCUT2D eigenvalue weighted by molar-refractivity contribution is 0.568. The molecule has 0 unspecified atom stereocenters. The van der Waals surface area contributed by atoms with Crippen molar-refractivity contribution in [1.82, 2.24) is 9.97 Å². The van der Waals surface area contributed by atoms with Crippen LogP contribution in [0.1, 0.15) is 0 Å². The molecule has 15 heavy (non-hydrogen) atoms. The Morgan fingerprint density at radius 1 is 1.40 bits per heavy atom. The Morgan fingerprint density at radius 3 is 3.13 bits per heavy atom. The van der Waals surface area contributed by atoms with E-state index in [-0.39, 0.29) is 0 Å². The van der Waals surface area contributed by atoms with E-state index in [1.165, 1.54) is 0 Å². The Morgan fingerprint density at radius 2 is 2.33 bits per heavy atom. The van der Waals surface area contributed by atoms with E-state index in [0.717, 1.165) is 26.6 Å². The van der Waals surface area contributed by atoms with Gasteiger partial charge in [0.2, 0.25) is 0 Å². The average molecular weight is 263 g/mol. The van der Waals surface area contributed by atoms with Crippen molar-refractivity contribution in [2.75, 3.05) is 0 Å². The van der Waals surface area contributed by atoms with Crippen LogP contribution in [0.4, 0.5) is 0 Å². The molecule has 0 aromatic carbocycles. The van der Waals surface area contributed by atoms with Crippen molar-refractivity contribution >= 4 is 27.0 Å². The van der Waals surface area contributed by atoms with Crippen molar-refractivity contribution in [1.29, 1.82) is 0 Å². The SMILES string of the molecule is Brc1cnc2[nH]cc(-c3ccoc3)c2c1. The molecule has 0 atom stereocenters. The number of H-pyrrole nitrogens is 1. The van der Waals surface area contributed by atoms with E-state index in [1.807, 2.05) is 18.3 Å². The molecular formula is C11H7BrN2O. The standard InChI is InChI=1S/C11H7BrN2O/c12-8-3-9-10(7-1-2-15-6-7)5-14-11(9)13-4-8/h1-6H,(H,13,14). The quantitative estimate of drug-likeness (QED) is 0.729. The number of fused-ring (bicyclic) bond motifs is 1. The van der Waals surface area contributed by atoms with Crippen molar-refractivity contribution in [2.45, 2.75) is 0 Å². The first-order valence-corrected chi connectivity index (χ1v) is 5.29. The number of hydrogen-bond donors (Lipinski definition) is 1. The molecule has 1 N–H and O–H groups in total. The highest BCUT2D eigenvalue weighted by atomic mass is 79.9. The molecule has 3 nitrogen and oxygen atoms in total. The lowest BCUT2D eigenvalue weighted by Crippen LogP contribution is -1.76. The summed E-state index contributed by atoms with van der Waals surface area (Å²) in [7, 11) is 0. The molecule has 0 bridgehead atoms. The Hall–Kier alpha value is -1.55. The summed E-state index contributed by atoms with van der Waals surface area (Å²) in [6.45, 7) is 0. The Bertz CT molecular complexity index is 598. The van der Waals surface area contributed by atoms with Gasteiger partial charge in [-0.2, -0.15) is 0 Å². The van der Waals surface area contributed by atoms with Gasteiger partial charge in [-0.05, 0) is 28.1 Å². The summed E-state index contributed by atoms with van der Waals surface area (Å²) in [5.41, 5.74) is 3.04. The number of aromatic amines is 1. The van der Waals surface area contributed by atoms with Gasteiger partial charge in [0.05, 0.1) is 12.5 Å². The molecule has 0 aliphatic rings. The maximum Gasteiger partial charge on any atom is 0.137 e. The van der Waals surface area contributed by atoms with Crippen molar-refractivity contribution < 1.29 is 4.42 Å². The number of halogens is 1. The molecule has 0 radical (unpaired) electrons. The first-order valence-electron chi connectivity index (χ1n) is 4.50. The minimum atomic E-state index is 0.884. The van der Waals surface area contributed by atoms with Crippen molar-refractivity contribution in [2.24, 2.45) is 0 Å². The summed E-state index contributed by atoms with van der Waals surface area (Å²) in [5, 5.41) is 1.09. The van der Waals surface area contributed by atoms with E-state index >= 15 is 0 Å². The third kappa shape index (κ3) is 1.37. The smallest absolute Gasteiger partial charge is 0.137 e. The minimum Gasteiger partial charge on any atom is -0.472 e. The van der Waals surface area contributed by atoms with E-state index < -0.39 is 0 Å². The summed E-state index contributed by atoms with van der Waals surface area (Å²) in [4.78, 5) is 7.41. The molecule has 0 saturated carbocycles. The Labute approximate surface area is 94.3 Å². The summed E-state index contributed by atoms with van der Waals surface area (Å²) in [6.07, 6.45) is 7.11. The van der Waals surface area contributed by atoms with Gasteiger partial charge in [0.15, 0.2) is 0 Å². The van der Waals surface area contributed by atoms with Crippen molar-refractivity contribution in [3.8, 4) is 11.1 Å². The van der Waals surface area contributed by atoms with Crippen LogP contribution in [0.2, 0.25) is 0 Å². The highest BCUT2D eigenvalue weighted by molar-refractivity contribution is 9.10. The molecule has 0 fully saturated rings. The van der Waals surface area contributed by atoms with Crippen molar-refractivity contribution in [3.05, 3.63) is 41.5 Å². The molecule has 0 aliphatic heterocycles. The van der Waals surface area contributed by atoms with E-state index in [9.17, 15) is 0 Å². The van der Waals surface area contributed by atoms with Crippen LogP contribution in [0.15, 0.2) is 45.9 Å². The second-order valence-corrected chi connectivity index (χ2v) is 4.18. The minimum absolute atomic E-state index is 0.884. The second-order valence-electron chi connectivity index (χ2n) is 3.26. The highest BCUT2D eigenvalue weighted by Crippen LogP contribution is 2.29. The maximum absolute atomic E-state index is 5.07. The number of nitrogens with zero attached hydrogens (tertiary/aromatic N) is 1.